The quantitative estimate of drug-likeness (QED) is 0.379. The van der Waals surface area contributed by atoms with Crippen LogP contribution in [0.2, 0.25) is 16.6 Å². The summed E-state index contributed by atoms with van der Waals surface area (Å²) >= 11 is 0. The van der Waals surface area contributed by atoms with Crippen LogP contribution in [0.15, 0.2) is 17.4 Å². The first-order valence-electron chi connectivity index (χ1n) is 7.37. The minimum Gasteiger partial charge on any atom is -0.515 e. The fraction of sp³-hybridized carbons (Fsp3) is 0.750. The Labute approximate surface area is 120 Å². The molecule has 0 fully saturated rings. The number of rotatable bonds is 6. The Hall–Kier alpha value is -0.793. The number of hydrogen-bond donors (Lipinski definition) is 0. The van der Waals surface area contributed by atoms with Crippen LogP contribution in [0.1, 0.15) is 61.8 Å². The van der Waals surface area contributed by atoms with E-state index < -0.39 is 8.32 Å². The van der Waals surface area contributed by atoms with Crippen molar-refractivity contribution in [3.63, 3.8) is 0 Å². The molecule has 0 heterocycles. The summed E-state index contributed by atoms with van der Waals surface area (Å²) in [6, 6.07) is 0. The molecule has 0 aliphatic rings. The molecule has 0 rings (SSSR count). The van der Waals surface area contributed by atoms with Crippen LogP contribution >= 0.6 is 0 Å². The fourth-order valence-electron chi connectivity index (χ4n) is 3.06. The molecule has 0 saturated heterocycles. The lowest BCUT2D eigenvalue weighted by molar-refractivity contribution is -0.131. The van der Waals surface area contributed by atoms with Gasteiger partial charge in [0.25, 0.3) is 8.32 Å². The first-order chi connectivity index (χ1) is 8.73. The van der Waals surface area contributed by atoms with Crippen molar-refractivity contribution in [2.75, 3.05) is 0 Å². The molecule has 0 spiro atoms. The second-order valence-corrected chi connectivity index (χ2v) is 11.3. The highest BCUT2D eigenvalue weighted by molar-refractivity contribution is 6.79. The van der Waals surface area contributed by atoms with Crippen LogP contribution in [0, 0.1) is 0 Å². The van der Waals surface area contributed by atoms with Gasteiger partial charge >= 0.3 is 5.97 Å². The molecule has 2 nitrogen and oxygen atoms in total. The lowest BCUT2D eigenvalue weighted by Crippen LogP contribution is -2.49. The van der Waals surface area contributed by atoms with Crippen molar-refractivity contribution >= 4 is 14.3 Å². The van der Waals surface area contributed by atoms with E-state index in [2.05, 4.69) is 47.3 Å². The normalized spacial score (nSPS) is 11.7. The molecule has 0 bridgehead atoms. The van der Waals surface area contributed by atoms with Gasteiger partial charge < -0.3 is 4.43 Å². The van der Waals surface area contributed by atoms with Crippen molar-refractivity contribution < 1.29 is 9.22 Å². The average molecular weight is 282 g/mol. The molecule has 0 aromatic rings. The molecule has 0 atom stereocenters. The molecule has 0 saturated carbocycles. The Balaban J connectivity index is 5.47. The molecule has 110 valence electrons. The molecule has 0 N–H and O–H groups in total. The largest absolute Gasteiger partial charge is 0.515 e. The van der Waals surface area contributed by atoms with E-state index in [1.54, 1.807) is 6.08 Å². The molecule has 0 amide bonds. The van der Waals surface area contributed by atoms with Crippen molar-refractivity contribution in [3.05, 3.63) is 17.4 Å². The Morgan fingerprint density at radius 3 is 1.79 bits per heavy atom. The van der Waals surface area contributed by atoms with E-state index in [0.717, 1.165) is 0 Å². The SMILES string of the molecule is CC=C=C(CC)C(=O)O[Si](C(C)C)(C(C)C)C(C)C. The monoisotopic (exact) mass is 282 g/mol. The van der Waals surface area contributed by atoms with Crippen LogP contribution in [-0.2, 0) is 9.22 Å². The van der Waals surface area contributed by atoms with Crippen molar-refractivity contribution in [2.45, 2.75) is 78.4 Å². The number of carbonyl (C=O) groups excluding carboxylic acids is 1. The van der Waals surface area contributed by atoms with Crippen LogP contribution in [0.5, 0.6) is 0 Å². The maximum Gasteiger partial charge on any atom is 0.328 e. The molecular weight excluding hydrogens is 252 g/mol. The van der Waals surface area contributed by atoms with Gasteiger partial charge in [0.1, 0.15) is 0 Å². The van der Waals surface area contributed by atoms with Gasteiger partial charge in [0.15, 0.2) is 0 Å². The molecule has 0 aliphatic heterocycles. The third kappa shape index (κ3) is 4.09. The van der Waals surface area contributed by atoms with Crippen molar-refractivity contribution in [2.24, 2.45) is 0 Å². The Bertz CT molecular complexity index is 339. The van der Waals surface area contributed by atoms with E-state index in [0.29, 0.717) is 28.6 Å². The van der Waals surface area contributed by atoms with Gasteiger partial charge in [-0.3, -0.25) is 0 Å². The van der Waals surface area contributed by atoms with E-state index in [-0.39, 0.29) is 5.97 Å². The second-order valence-electron chi connectivity index (χ2n) is 5.97. The molecule has 19 heavy (non-hydrogen) atoms. The lowest BCUT2D eigenvalue weighted by atomic mass is 10.2. The van der Waals surface area contributed by atoms with Crippen molar-refractivity contribution in [1.29, 1.82) is 0 Å². The van der Waals surface area contributed by atoms with Gasteiger partial charge in [0.2, 0.25) is 0 Å². The van der Waals surface area contributed by atoms with Gasteiger partial charge in [0, 0.05) is 0 Å². The first kappa shape index (κ1) is 18.2. The minimum atomic E-state index is -2.12. The number of hydrogen-bond acceptors (Lipinski definition) is 2. The molecule has 0 unspecified atom stereocenters. The predicted molar refractivity (Wildman–Crippen MR) is 84.7 cm³/mol. The molecule has 0 radical (unpaired) electrons. The number of carbonyl (C=O) groups is 1. The van der Waals surface area contributed by atoms with E-state index in [4.69, 9.17) is 4.43 Å². The standard InChI is InChI=1S/C16H30O2Si/c1-9-11-15(10-2)16(17)18-19(12(3)4,13(5)6)14(7)8/h9,12-14H,10H2,1-8H3. The summed E-state index contributed by atoms with van der Waals surface area (Å²) in [5.41, 5.74) is 4.92. The highest BCUT2D eigenvalue weighted by Crippen LogP contribution is 2.42. The van der Waals surface area contributed by atoms with Crippen molar-refractivity contribution in [1.82, 2.24) is 0 Å². The zero-order chi connectivity index (χ0) is 15.2. The van der Waals surface area contributed by atoms with Gasteiger partial charge in [-0.2, -0.15) is 0 Å². The third-order valence-corrected chi connectivity index (χ3v) is 9.85. The van der Waals surface area contributed by atoms with Crippen LogP contribution < -0.4 is 0 Å². The Morgan fingerprint density at radius 1 is 1.11 bits per heavy atom. The lowest BCUT2D eigenvalue weighted by Gasteiger charge is -2.41. The maximum absolute atomic E-state index is 12.4. The van der Waals surface area contributed by atoms with E-state index in [1.165, 1.54) is 0 Å². The third-order valence-electron chi connectivity index (χ3n) is 3.90. The summed E-state index contributed by atoms with van der Waals surface area (Å²) < 4.78 is 6.11. The van der Waals surface area contributed by atoms with Crippen molar-refractivity contribution in [3.8, 4) is 0 Å². The molecule has 0 aromatic carbocycles. The Morgan fingerprint density at radius 2 is 1.53 bits per heavy atom. The van der Waals surface area contributed by atoms with E-state index in [1.807, 2.05) is 13.8 Å². The average Bonchev–Trinajstić information content (AvgIpc) is 2.31. The maximum atomic E-state index is 12.4. The van der Waals surface area contributed by atoms with Crippen LogP contribution in [0.4, 0.5) is 0 Å². The van der Waals surface area contributed by atoms with Gasteiger partial charge in [-0.15, -0.1) is 5.73 Å². The molecule has 3 heteroatoms. The minimum absolute atomic E-state index is 0.164. The van der Waals surface area contributed by atoms with Gasteiger partial charge in [-0.1, -0.05) is 48.5 Å². The zero-order valence-electron chi connectivity index (χ0n) is 13.8. The second kappa shape index (κ2) is 7.71. The summed E-state index contributed by atoms with van der Waals surface area (Å²) in [5, 5.41) is 0. The summed E-state index contributed by atoms with van der Waals surface area (Å²) in [7, 11) is -2.12. The zero-order valence-corrected chi connectivity index (χ0v) is 14.8. The topological polar surface area (TPSA) is 26.3 Å². The van der Waals surface area contributed by atoms with Gasteiger partial charge in [-0.25, -0.2) is 4.79 Å². The molecule has 0 aromatic heterocycles. The van der Waals surface area contributed by atoms with Crippen LogP contribution in [0.25, 0.3) is 0 Å². The summed E-state index contributed by atoms with van der Waals surface area (Å²) in [6.45, 7) is 17.0. The summed E-state index contributed by atoms with van der Waals surface area (Å²) in [4.78, 5) is 12.4. The fourth-order valence-corrected chi connectivity index (χ4v) is 8.21. The summed E-state index contributed by atoms with van der Waals surface area (Å²) in [6.07, 6.45) is 2.45. The van der Waals surface area contributed by atoms with Gasteiger partial charge in [0.05, 0.1) is 5.57 Å². The van der Waals surface area contributed by atoms with E-state index in [9.17, 15) is 4.79 Å². The Kier molecular flexibility index (Phi) is 7.39. The highest BCUT2D eigenvalue weighted by Gasteiger charge is 2.48. The first-order valence-corrected chi connectivity index (χ1v) is 9.51. The predicted octanol–water partition coefficient (Wildman–Crippen LogP) is 5.22. The van der Waals surface area contributed by atoms with E-state index >= 15 is 0 Å². The highest BCUT2D eigenvalue weighted by atomic mass is 28.4. The molecular formula is C16H30O2Si. The van der Waals surface area contributed by atoms with Crippen LogP contribution in [0.3, 0.4) is 0 Å². The van der Waals surface area contributed by atoms with Crippen LogP contribution in [-0.4, -0.2) is 14.3 Å². The van der Waals surface area contributed by atoms with Gasteiger partial charge in [-0.05, 0) is 36.0 Å². The smallest absolute Gasteiger partial charge is 0.328 e. The summed E-state index contributed by atoms with van der Waals surface area (Å²) in [5.74, 6) is -0.164. The molecule has 0 aliphatic carbocycles.